The SMILES string of the molecule is Cc1cc(C)c(NC(=O)c2occc2C)c(Br)c1. The summed E-state index contributed by atoms with van der Waals surface area (Å²) < 4.78 is 6.05. The Morgan fingerprint density at radius 2 is 1.94 bits per heavy atom. The molecule has 0 unspecified atom stereocenters. The molecule has 1 aromatic heterocycles. The van der Waals surface area contributed by atoms with Gasteiger partial charge in [-0.2, -0.15) is 0 Å². The third-order valence-corrected chi connectivity index (χ3v) is 3.36. The molecule has 0 aliphatic heterocycles. The molecule has 18 heavy (non-hydrogen) atoms. The number of hydrogen-bond acceptors (Lipinski definition) is 2. The predicted octanol–water partition coefficient (Wildman–Crippen LogP) is 4.22. The molecule has 2 aromatic rings. The summed E-state index contributed by atoms with van der Waals surface area (Å²) in [6, 6.07) is 5.76. The van der Waals surface area contributed by atoms with Crippen LogP contribution in [0.5, 0.6) is 0 Å². The molecule has 1 amide bonds. The van der Waals surface area contributed by atoms with E-state index in [0.29, 0.717) is 5.76 Å². The van der Waals surface area contributed by atoms with Crippen molar-refractivity contribution in [3.05, 3.63) is 51.4 Å². The minimum absolute atomic E-state index is 0.231. The summed E-state index contributed by atoms with van der Waals surface area (Å²) in [6.45, 7) is 5.82. The molecule has 0 saturated heterocycles. The van der Waals surface area contributed by atoms with Gasteiger partial charge in [0.05, 0.1) is 12.0 Å². The van der Waals surface area contributed by atoms with E-state index >= 15 is 0 Å². The molecule has 2 rings (SSSR count). The van der Waals surface area contributed by atoms with Gasteiger partial charge in [0.2, 0.25) is 0 Å². The minimum Gasteiger partial charge on any atom is -0.459 e. The van der Waals surface area contributed by atoms with Crippen molar-refractivity contribution < 1.29 is 9.21 Å². The first-order chi connectivity index (χ1) is 8.49. The van der Waals surface area contributed by atoms with E-state index in [-0.39, 0.29) is 5.91 Å². The maximum Gasteiger partial charge on any atom is 0.291 e. The van der Waals surface area contributed by atoms with Crippen LogP contribution in [-0.2, 0) is 0 Å². The number of nitrogens with one attached hydrogen (secondary N) is 1. The zero-order chi connectivity index (χ0) is 13.3. The van der Waals surface area contributed by atoms with Crippen LogP contribution in [0.25, 0.3) is 0 Å². The molecule has 3 nitrogen and oxygen atoms in total. The van der Waals surface area contributed by atoms with Gasteiger partial charge in [0.15, 0.2) is 5.76 Å². The zero-order valence-electron chi connectivity index (χ0n) is 10.5. The lowest BCUT2D eigenvalue weighted by Gasteiger charge is -2.11. The second kappa shape index (κ2) is 4.98. The lowest BCUT2D eigenvalue weighted by molar-refractivity contribution is 0.0995. The van der Waals surface area contributed by atoms with Crippen molar-refractivity contribution in [2.75, 3.05) is 5.32 Å². The topological polar surface area (TPSA) is 42.2 Å². The number of carbonyl (C=O) groups is 1. The summed E-state index contributed by atoms with van der Waals surface area (Å²) in [5.74, 6) is 0.118. The molecule has 1 aromatic carbocycles. The monoisotopic (exact) mass is 307 g/mol. The Labute approximate surface area is 114 Å². The van der Waals surface area contributed by atoms with Crippen LogP contribution < -0.4 is 5.32 Å². The molecule has 0 bridgehead atoms. The molecule has 0 aliphatic carbocycles. The van der Waals surface area contributed by atoms with E-state index in [1.165, 1.54) is 6.26 Å². The average Bonchev–Trinajstić information content (AvgIpc) is 2.69. The Balaban J connectivity index is 2.31. The van der Waals surface area contributed by atoms with Gasteiger partial charge in [-0.25, -0.2) is 0 Å². The summed E-state index contributed by atoms with van der Waals surface area (Å²) >= 11 is 3.46. The normalized spacial score (nSPS) is 10.4. The highest BCUT2D eigenvalue weighted by atomic mass is 79.9. The van der Waals surface area contributed by atoms with E-state index in [1.54, 1.807) is 6.07 Å². The lowest BCUT2D eigenvalue weighted by Crippen LogP contribution is -2.13. The third-order valence-electron chi connectivity index (χ3n) is 2.74. The number of halogens is 1. The molecule has 1 heterocycles. The first kappa shape index (κ1) is 12.9. The highest BCUT2D eigenvalue weighted by Crippen LogP contribution is 2.28. The number of aryl methyl sites for hydroxylation is 3. The van der Waals surface area contributed by atoms with E-state index in [0.717, 1.165) is 26.9 Å². The number of anilines is 1. The fraction of sp³-hybridized carbons (Fsp3) is 0.214. The molecule has 0 radical (unpaired) electrons. The molecular formula is C14H14BrNO2. The predicted molar refractivity (Wildman–Crippen MR) is 75.0 cm³/mol. The molecule has 4 heteroatoms. The summed E-state index contributed by atoms with van der Waals surface area (Å²) in [5.41, 5.74) is 3.76. The maximum absolute atomic E-state index is 12.1. The van der Waals surface area contributed by atoms with Crippen LogP contribution in [0.1, 0.15) is 27.2 Å². The number of amides is 1. The highest BCUT2D eigenvalue weighted by Gasteiger charge is 2.15. The molecular weight excluding hydrogens is 294 g/mol. The largest absolute Gasteiger partial charge is 0.459 e. The number of benzene rings is 1. The highest BCUT2D eigenvalue weighted by molar-refractivity contribution is 9.10. The molecule has 0 atom stereocenters. The Morgan fingerprint density at radius 1 is 1.22 bits per heavy atom. The Kier molecular flexibility index (Phi) is 3.57. The van der Waals surface area contributed by atoms with E-state index in [2.05, 4.69) is 21.2 Å². The van der Waals surface area contributed by atoms with Crippen LogP contribution >= 0.6 is 15.9 Å². The Bertz CT molecular complexity index is 579. The van der Waals surface area contributed by atoms with Crippen LogP contribution in [0.4, 0.5) is 5.69 Å². The number of hydrogen-bond donors (Lipinski definition) is 1. The summed E-state index contributed by atoms with van der Waals surface area (Å²) in [4.78, 5) is 12.1. The molecule has 0 saturated carbocycles. The van der Waals surface area contributed by atoms with E-state index in [1.807, 2.05) is 32.9 Å². The van der Waals surface area contributed by atoms with Gasteiger partial charge in [0, 0.05) is 10.0 Å². The van der Waals surface area contributed by atoms with E-state index in [4.69, 9.17) is 4.42 Å². The fourth-order valence-corrected chi connectivity index (χ4v) is 2.62. The minimum atomic E-state index is -0.231. The summed E-state index contributed by atoms with van der Waals surface area (Å²) in [7, 11) is 0. The van der Waals surface area contributed by atoms with Crippen LogP contribution in [0.3, 0.4) is 0 Å². The van der Waals surface area contributed by atoms with Gasteiger partial charge in [0.25, 0.3) is 5.91 Å². The fourth-order valence-electron chi connectivity index (χ4n) is 1.85. The van der Waals surface area contributed by atoms with Gasteiger partial charge in [0.1, 0.15) is 0 Å². The van der Waals surface area contributed by atoms with Crippen molar-refractivity contribution in [2.45, 2.75) is 20.8 Å². The first-order valence-corrected chi connectivity index (χ1v) is 6.40. The van der Waals surface area contributed by atoms with Gasteiger partial charge in [-0.1, -0.05) is 6.07 Å². The quantitative estimate of drug-likeness (QED) is 0.902. The number of rotatable bonds is 2. The van der Waals surface area contributed by atoms with Gasteiger partial charge in [-0.3, -0.25) is 4.79 Å². The van der Waals surface area contributed by atoms with Crippen LogP contribution in [0.2, 0.25) is 0 Å². The first-order valence-electron chi connectivity index (χ1n) is 5.61. The van der Waals surface area contributed by atoms with E-state index in [9.17, 15) is 4.79 Å². The zero-order valence-corrected chi connectivity index (χ0v) is 12.1. The van der Waals surface area contributed by atoms with Gasteiger partial charge < -0.3 is 9.73 Å². The van der Waals surface area contributed by atoms with Crippen molar-refractivity contribution in [1.82, 2.24) is 0 Å². The van der Waals surface area contributed by atoms with Crippen molar-refractivity contribution in [2.24, 2.45) is 0 Å². The third kappa shape index (κ3) is 2.48. The smallest absolute Gasteiger partial charge is 0.291 e. The second-order valence-electron chi connectivity index (χ2n) is 4.33. The molecule has 1 N–H and O–H groups in total. The van der Waals surface area contributed by atoms with Crippen LogP contribution in [0.15, 0.2) is 33.4 Å². The van der Waals surface area contributed by atoms with Crippen molar-refractivity contribution in [3.63, 3.8) is 0 Å². The van der Waals surface area contributed by atoms with Gasteiger partial charge in [-0.15, -0.1) is 0 Å². The molecule has 94 valence electrons. The molecule has 0 fully saturated rings. The van der Waals surface area contributed by atoms with Crippen molar-refractivity contribution >= 4 is 27.5 Å². The van der Waals surface area contributed by atoms with Gasteiger partial charge >= 0.3 is 0 Å². The molecule has 0 spiro atoms. The van der Waals surface area contributed by atoms with Gasteiger partial charge in [-0.05, 0) is 60.0 Å². The average molecular weight is 308 g/mol. The van der Waals surface area contributed by atoms with Crippen molar-refractivity contribution in [3.8, 4) is 0 Å². The number of carbonyl (C=O) groups excluding carboxylic acids is 1. The lowest BCUT2D eigenvalue weighted by atomic mass is 10.1. The number of furan rings is 1. The summed E-state index contributed by atoms with van der Waals surface area (Å²) in [5, 5.41) is 2.87. The molecule has 0 aliphatic rings. The van der Waals surface area contributed by atoms with Crippen molar-refractivity contribution in [1.29, 1.82) is 0 Å². The Morgan fingerprint density at radius 3 is 2.50 bits per heavy atom. The standard InChI is InChI=1S/C14H14BrNO2/c1-8-6-10(3)12(11(15)7-8)16-14(17)13-9(2)4-5-18-13/h4-7H,1-3H3,(H,16,17). The maximum atomic E-state index is 12.1. The van der Waals surface area contributed by atoms with Crippen LogP contribution in [-0.4, -0.2) is 5.91 Å². The van der Waals surface area contributed by atoms with Crippen LogP contribution in [0, 0.1) is 20.8 Å². The Hall–Kier alpha value is -1.55. The summed E-state index contributed by atoms with van der Waals surface area (Å²) in [6.07, 6.45) is 1.52. The van der Waals surface area contributed by atoms with E-state index < -0.39 is 0 Å². The second-order valence-corrected chi connectivity index (χ2v) is 5.18.